The first-order valence-electron chi connectivity index (χ1n) is 10.4. The van der Waals surface area contributed by atoms with Crippen molar-refractivity contribution in [3.63, 3.8) is 0 Å². The quantitative estimate of drug-likeness (QED) is 0.597. The van der Waals surface area contributed by atoms with Crippen molar-refractivity contribution >= 4 is 5.65 Å². The van der Waals surface area contributed by atoms with Crippen molar-refractivity contribution in [2.75, 3.05) is 27.0 Å². The molecule has 32 heavy (non-hydrogen) atoms. The molecular weight excluding hydrogens is 425 g/mol. The largest absolute Gasteiger partial charge is 0.496 e. The van der Waals surface area contributed by atoms with Crippen LogP contribution in [0, 0.1) is 6.92 Å². The summed E-state index contributed by atoms with van der Waals surface area (Å²) in [5.41, 5.74) is 1.33. The topological polar surface area (TPSA) is 61.1 Å². The molecule has 1 aromatic carbocycles. The molecule has 1 fully saturated rings. The molecule has 0 saturated carbocycles. The summed E-state index contributed by atoms with van der Waals surface area (Å²) in [7, 11) is 1.60. The van der Waals surface area contributed by atoms with Crippen molar-refractivity contribution in [3.8, 4) is 17.2 Å². The predicted octanol–water partition coefficient (Wildman–Crippen LogP) is 4.17. The summed E-state index contributed by atoms with van der Waals surface area (Å²) in [6, 6.07) is 6.45. The maximum absolute atomic E-state index is 13.7. The van der Waals surface area contributed by atoms with Gasteiger partial charge in [-0.25, -0.2) is 9.50 Å². The van der Waals surface area contributed by atoms with E-state index >= 15 is 0 Å². The van der Waals surface area contributed by atoms with Gasteiger partial charge in [0.15, 0.2) is 17.1 Å². The molecule has 2 aliphatic heterocycles. The van der Waals surface area contributed by atoms with Crippen LogP contribution in [0.25, 0.3) is 5.65 Å². The minimum absolute atomic E-state index is 0.106. The SMILES string of the molecule is COc1cc2c(cc1CN1CCCC(c3cc(C(F)(F)F)n4nc(C)cc4n3)C1)OCO2. The number of hydrogen-bond donors (Lipinski definition) is 0. The van der Waals surface area contributed by atoms with Crippen LogP contribution in [0.3, 0.4) is 0 Å². The van der Waals surface area contributed by atoms with Crippen molar-refractivity contribution in [1.82, 2.24) is 19.5 Å². The van der Waals surface area contributed by atoms with E-state index in [0.717, 1.165) is 35.5 Å². The molecule has 0 aliphatic carbocycles. The first kappa shape index (κ1) is 20.9. The van der Waals surface area contributed by atoms with Crippen LogP contribution in [-0.2, 0) is 12.7 Å². The molecule has 5 rings (SSSR count). The van der Waals surface area contributed by atoms with Crippen LogP contribution < -0.4 is 14.2 Å². The highest BCUT2D eigenvalue weighted by molar-refractivity contribution is 5.52. The summed E-state index contributed by atoms with van der Waals surface area (Å²) in [4.78, 5) is 6.75. The van der Waals surface area contributed by atoms with E-state index in [4.69, 9.17) is 14.2 Å². The molecular formula is C22H23F3N4O3. The van der Waals surface area contributed by atoms with Crippen LogP contribution in [0.15, 0.2) is 24.3 Å². The molecule has 1 unspecified atom stereocenters. The summed E-state index contributed by atoms with van der Waals surface area (Å²) in [6.07, 6.45) is -2.87. The number of nitrogens with zero attached hydrogens (tertiary/aromatic N) is 4. The molecule has 7 nitrogen and oxygen atoms in total. The zero-order chi connectivity index (χ0) is 22.5. The van der Waals surface area contributed by atoms with Crippen LogP contribution in [0.2, 0.25) is 0 Å². The summed E-state index contributed by atoms with van der Waals surface area (Å²) in [5, 5.41) is 3.97. The fourth-order valence-electron chi connectivity index (χ4n) is 4.48. The molecule has 10 heteroatoms. The number of piperidine rings is 1. The van der Waals surface area contributed by atoms with E-state index in [1.807, 2.05) is 12.1 Å². The lowest BCUT2D eigenvalue weighted by atomic mass is 9.93. The number of rotatable bonds is 4. The maximum Gasteiger partial charge on any atom is 0.433 e. The first-order valence-corrected chi connectivity index (χ1v) is 10.4. The standard InChI is InChI=1S/C22H23F3N4O3/c1-13-6-21-26-16(8-20(22(23,24)25)29(21)27-13)14-4-3-5-28(10-14)11-15-7-18-19(32-12-31-18)9-17(15)30-2/h6-9,14H,3-5,10-12H2,1-2H3. The molecule has 0 N–H and O–H groups in total. The number of fused-ring (bicyclic) bond motifs is 2. The molecule has 4 heterocycles. The van der Waals surface area contributed by atoms with Crippen molar-refractivity contribution in [2.24, 2.45) is 0 Å². The lowest BCUT2D eigenvalue weighted by Crippen LogP contribution is -2.34. The van der Waals surface area contributed by atoms with Crippen molar-refractivity contribution in [2.45, 2.75) is 38.4 Å². The second-order valence-corrected chi connectivity index (χ2v) is 8.21. The van der Waals surface area contributed by atoms with Gasteiger partial charge in [-0.1, -0.05) is 0 Å². The molecule has 0 spiro atoms. The lowest BCUT2D eigenvalue weighted by Gasteiger charge is -2.33. The van der Waals surface area contributed by atoms with Crippen LogP contribution in [0.4, 0.5) is 13.2 Å². The monoisotopic (exact) mass is 448 g/mol. The van der Waals surface area contributed by atoms with Gasteiger partial charge in [-0.3, -0.25) is 4.90 Å². The highest BCUT2D eigenvalue weighted by Crippen LogP contribution is 2.39. The number of benzene rings is 1. The zero-order valence-corrected chi connectivity index (χ0v) is 17.8. The van der Waals surface area contributed by atoms with E-state index in [9.17, 15) is 13.2 Å². The van der Waals surface area contributed by atoms with E-state index < -0.39 is 11.9 Å². The minimum Gasteiger partial charge on any atom is -0.496 e. The molecule has 0 bridgehead atoms. The lowest BCUT2D eigenvalue weighted by molar-refractivity contribution is -0.142. The van der Waals surface area contributed by atoms with Gasteiger partial charge in [-0.15, -0.1) is 0 Å². The average molecular weight is 448 g/mol. The van der Waals surface area contributed by atoms with Crippen LogP contribution >= 0.6 is 0 Å². The van der Waals surface area contributed by atoms with E-state index in [2.05, 4.69) is 15.0 Å². The Bertz CT molecular complexity index is 1160. The number of aryl methyl sites for hydroxylation is 1. The molecule has 2 aromatic heterocycles. The Hall–Kier alpha value is -3.01. The summed E-state index contributed by atoms with van der Waals surface area (Å²) in [5.74, 6) is 1.91. The average Bonchev–Trinajstić information content (AvgIpc) is 3.36. The van der Waals surface area contributed by atoms with Gasteiger partial charge >= 0.3 is 6.18 Å². The highest BCUT2D eigenvalue weighted by atomic mass is 19.4. The number of ether oxygens (including phenoxy) is 3. The number of halogens is 3. The second-order valence-electron chi connectivity index (χ2n) is 8.21. The normalized spacial score (nSPS) is 19.0. The Balaban J connectivity index is 1.42. The van der Waals surface area contributed by atoms with Gasteiger partial charge in [-0.2, -0.15) is 18.3 Å². The zero-order valence-electron chi connectivity index (χ0n) is 17.8. The smallest absolute Gasteiger partial charge is 0.433 e. The summed E-state index contributed by atoms with van der Waals surface area (Å²) < 4.78 is 58.4. The third kappa shape index (κ3) is 3.83. The molecule has 1 atom stereocenters. The highest BCUT2D eigenvalue weighted by Gasteiger charge is 2.36. The van der Waals surface area contributed by atoms with E-state index in [0.29, 0.717) is 41.7 Å². The van der Waals surface area contributed by atoms with Gasteiger partial charge in [0.05, 0.1) is 12.8 Å². The fraction of sp³-hybridized carbons (Fsp3) is 0.455. The van der Waals surface area contributed by atoms with Gasteiger partial charge in [0.25, 0.3) is 0 Å². The Morgan fingerprint density at radius 2 is 1.94 bits per heavy atom. The molecule has 0 amide bonds. The van der Waals surface area contributed by atoms with Gasteiger partial charge in [0.1, 0.15) is 11.4 Å². The van der Waals surface area contributed by atoms with E-state index in [1.165, 1.54) is 0 Å². The van der Waals surface area contributed by atoms with Crippen molar-refractivity contribution in [1.29, 1.82) is 0 Å². The number of hydrogen-bond acceptors (Lipinski definition) is 6. The van der Waals surface area contributed by atoms with Gasteiger partial charge in [0, 0.05) is 42.4 Å². The van der Waals surface area contributed by atoms with Crippen molar-refractivity contribution in [3.05, 3.63) is 46.9 Å². The van der Waals surface area contributed by atoms with Crippen LogP contribution in [0.5, 0.6) is 17.2 Å². The third-order valence-corrected chi connectivity index (χ3v) is 5.95. The molecule has 3 aromatic rings. The summed E-state index contributed by atoms with van der Waals surface area (Å²) in [6.45, 7) is 3.88. The maximum atomic E-state index is 13.7. The van der Waals surface area contributed by atoms with Crippen molar-refractivity contribution < 1.29 is 27.4 Å². The fourth-order valence-corrected chi connectivity index (χ4v) is 4.48. The van der Waals surface area contributed by atoms with Crippen LogP contribution in [-0.4, -0.2) is 46.5 Å². The Labute approximate surface area is 182 Å². The molecule has 0 radical (unpaired) electrons. The molecule has 2 aliphatic rings. The Morgan fingerprint density at radius 1 is 1.16 bits per heavy atom. The van der Waals surface area contributed by atoms with E-state index in [1.54, 1.807) is 20.1 Å². The molecule has 170 valence electrons. The van der Waals surface area contributed by atoms with E-state index in [-0.39, 0.29) is 18.4 Å². The number of alkyl halides is 3. The molecule has 1 saturated heterocycles. The predicted molar refractivity (Wildman–Crippen MR) is 109 cm³/mol. The Kier molecular flexibility index (Phi) is 5.11. The minimum atomic E-state index is -4.51. The number of aromatic nitrogens is 3. The first-order chi connectivity index (χ1) is 15.3. The van der Waals surface area contributed by atoms with Crippen LogP contribution in [0.1, 0.15) is 41.4 Å². The van der Waals surface area contributed by atoms with Gasteiger partial charge in [-0.05, 0) is 38.4 Å². The number of methoxy groups -OCH3 is 1. The summed E-state index contributed by atoms with van der Waals surface area (Å²) >= 11 is 0. The third-order valence-electron chi connectivity index (χ3n) is 5.95. The van der Waals surface area contributed by atoms with Gasteiger partial charge in [0.2, 0.25) is 6.79 Å². The van der Waals surface area contributed by atoms with Gasteiger partial charge < -0.3 is 14.2 Å². The second kappa shape index (κ2) is 7.84. The number of likely N-dealkylation sites (tertiary alicyclic amines) is 1. The Morgan fingerprint density at radius 3 is 2.69 bits per heavy atom.